The van der Waals surface area contributed by atoms with E-state index in [9.17, 15) is 27.6 Å². The van der Waals surface area contributed by atoms with Crippen LogP contribution in [-0.2, 0) is 11.8 Å². The van der Waals surface area contributed by atoms with Crippen molar-refractivity contribution in [1.29, 1.82) is 0 Å². The van der Waals surface area contributed by atoms with Gasteiger partial charge in [0, 0.05) is 28.5 Å². The molecule has 6 nitrogen and oxygen atoms in total. The Bertz CT molecular complexity index is 1010. The highest BCUT2D eigenvalue weighted by atomic mass is 35.5. The summed E-state index contributed by atoms with van der Waals surface area (Å²) in [5.74, 6) is -3.20. The summed E-state index contributed by atoms with van der Waals surface area (Å²) in [6.45, 7) is 3.70. The molecule has 2 N–H and O–H groups in total. The van der Waals surface area contributed by atoms with Crippen molar-refractivity contribution in [2.45, 2.75) is 33.0 Å². The zero-order valence-electron chi connectivity index (χ0n) is 16.4. The predicted molar refractivity (Wildman–Crippen MR) is 107 cm³/mol. The van der Waals surface area contributed by atoms with Gasteiger partial charge in [-0.25, -0.2) is 0 Å². The lowest BCUT2D eigenvalue weighted by Gasteiger charge is -2.16. The summed E-state index contributed by atoms with van der Waals surface area (Å²) in [5.41, 5.74) is 0.727. The quantitative estimate of drug-likeness (QED) is 0.507. The normalized spacial score (nSPS) is 12.4. The van der Waals surface area contributed by atoms with E-state index in [4.69, 9.17) is 23.2 Å². The Morgan fingerprint density at radius 2 is 1.60 bits per heavy atom. The van der Waals surface area contributed by atoms with E-state index in [0.717, 1.165) is 6.92 Å². The topological polar surface area (TPSA) is 80.2 Å². The maximum Gasteiger partial charge on any atom is 0.408 e. The molecule has 2 aromatic rings. The molecule has 1 atom stereocenters. The molecule has 0 saturated carbocycles. The summed E-state index contributed by atoms with van der Waals surface area (Å²) in [6, 6.07) is 2.22. The molecule has 1 unspecified atom stereocenters. The lowest BCUT2D eigenvalue weighted by atomic mass is 10.1. The first kappa shape index (κ1) is 23.8. The minimum atomic E-state index is -4.70. The standard InChI is InChI=1S/C19H18Cl2F3N3O3/c1-8-14(17(29)26-13-6-11(20)5-12(21)7-13)9(2)27(4)15(8)16(28)18(30)25-10(3)19(22,23)24/h5-7,10H,1-4H3,(H,25,30)(H,26,29). The average molecular weight is 464 g/mol. The maximum atomic E-state index is 12.8. The molecule has 0 aliphatic heterocycles. The van der Waals surface area contributed by atoms with Crippen molar-refractivity contribution in [1.82, 2.24) is 9.88 Å². The molecule has 1 aromatic heterocycles. The van der Waals surface area contributed by atoms with Crippen LogP contribution >= 0.6 is 23.2 Å². The van der Waals surface area contributed by atoms with E-state index in [2.05, 4.69) is 5.32 Å². The number of hydrogen-bond acceptors (Lipinski definition) is 3. The number of rotatable bonds is 5. The van der Waals surface area contributed by atoms with E-state index in [-0.39, 0.29) is 16.8 Å². The van der Waals surface area contributed by atoms with Crippen molar-refractivity contribution in [3.63, 3.8) is 0 Å². The minimum absolute atomic E-state index is 0.105. The van der Waals surface area contributed by atoms with E-state index in [1.807, 2.05) is 0 Å². The third kappa shape index (κ3) is 4.96. The Kier molecular flexibility index (Phi) is 6.88. The number of anilines is 1. The highest BCUT2D eigenvalue weighted by Crippen LogP contribution is 2.26. The molecule has 0 aliphatic carbocycles. The third-order valence-corrected chi connectivity index (χ3v) is 4.97. The number of nitrogens with zero attached hydrogens (tertiary/aromatic N) is 1. The number of amides is 2. The van der Waals surface area contributed by atoms with Gasteiger partial charge in [-0.2, -0.15) is 13.2 Å². The molecule has 0 bridgehead atoms. The largest absolute Gasteiger partial charge is 0.408 e. The van der Waals surface area contributed by atoms with Crippen LogP contribution in [0.5, 0.6) is 0 Å². The molecule has 1 heterocycles. The summed E-state index contributed by atoms with van der Waals surface area (Å²) in [5, 5.41) is 4.82. The number of carbonyl (C=O) groups excluding carboxylic acids is 3. The van der Waals surface area contributed by atoms with Crippen molar-refractivity contribution < 1.29 is 27.6 Å². The number of ketones is 1. The van der Waals surface area contributed by atoms with Gasteiger partial charge in [0.2, 0.25) is 0 Å². The van der Waals surface area contributed by atoms with Crippen LogP contribution in [0, 0.1) is 13.8 Å². The van der Waals surface area contributed by atoms with Gasteiger partial charge in [0.05, 0.1) is 11.3 Å². The fourth-order valence-electron chi connectivity index (χ4n) is 2.91. The number of aromatic nitrogens is 1. The van der Waals surface area contributed by atoms with E-state index in [1.54, 1.807) is 12.2 Å². The van der Waals surface area contributed by atoms with Gasteiger partial charge >= 0.3 is 6.18 Å². The van der Waals surface area contributed by atoms with Gasteiger partial charge in [0.1, 0.15) is 6.04 Å². The minimum Gasteiger partial charge on any atom is -0.344 e. The van der Waals surface area contributed by atoms with Crippen LogP contribution in [0.2, 0.25) is 10.0 Å². The first-order valence-electron chi connectivity index (χ1n) is 8.59. The lowest BCUT2D eigenvalue weighted by molar-refractivity contribution is -0.156. The zero-order chi connectivity index (χ0) is 23.0. The molecule has 30 heavy (non-hydrogen) atoms. The number of Topliss-reactive ketones (excluding diaryl/α,β-unsaturated/α-hetero) is 1. The molecule has 1 aromatic carbocycles. The highest BCUT2D eigenvalue weighted by molar-refractivity contribution is 6.43. The Labute approximate surface area is 180 Å². The van der Waals surface area contributed by atoms with Gasteiger partial charge in [0.25, 0.3) is 17.6 Å². The number of alkyl halides is 3. The monoisotopic (exact) mass is 463 g/mol. The van der Waals surface area contributed by atoms with Crippen LogP contribution < -0.4 is 10.6 Å². The summed E-state index contributed by atoms with van der Waals surface area (Å²) < 4.78 is 39.3. The highest BCUT2D eigenvalue weighted by Gasteiger charge is 2.39. The second kappa shape index (κ2) is 8.69. The summed E-state index contributed by atoms with van der Waals surface area (Å²) in [6.07, 6.45) is -4.70. The average Bonchev–Trinajstić information content (AvgIpc) is 2.81. The first-order chi connectivity index (χ1) is 13.7. The summed E-state index contributed by atoms with van der Waals surface area (Å²) in [7, 11) is 1.43. The van der Waals surface area contributed by atoms with E-state index in [1.165, 1.54) is 36.7 Å². The van der Waals surface area contributed by atoms with Crippen LogP contribution in [-0.4, -0.2) is 34.4 Å². The van der Waals surface area contributed by atoms with Crippen LogP contribution in [0.4, 0.5) is 18.9 Å². The van der Waals surface area contributed by atoms with Crippen molar-refractivity contribution in [3.8, 4) is 0 Å². The third-order valence-electron chi connectivity index (χ3n) is 4.54. The van der Waals surface area contributed by atoms with Crippen molar-refractivity contribution in [3.05, 3.63) is 50.8 Å². The number of carbonyl (C=O) groups is 3. The lowest BCUT2D eigenvalue weighted by Crippen LogP contribution is -2.46. The van der Waals surface area contributed by atoms with Crippen LogP contribution in [0.25, 0.3) is 0 Å². The number of hydrogen-bond donors (Lipinski definition) is 2. The fraction of sp³-hybridized carbons (Fsp3) is 0.316. The van der Waals surface area contributed by atoms with E-state index < -0.39 is 29.8 Å². The first-order valence-corrected chi connectivity index (χ1v) is 9.34. The molecule has 0 radical (unpaired) electrons. The van der Waals surface area contributed by atoms with Gasteiger partial charge in [0.15, 0.2) is 0 Å². The van der Waals surface area contributed by atoms with Gasteiger partial charge in [-0.1, -0.05) is 23.2 Å². The zero-order valence-corrected chi connectivity index (χ0v) is 17.9. The van der Waals surface area contributed by atoms with Crippen molar-refractivity contribution in [2.24, 2.45) is 7.05 Å². The molecule has 0 aliphatic rings. The predicted octanol–water partition coefficient (Wildman–Crippen LogP) is 4.45. The number of nitrogens with one attached hydrogen (secondary N) is 2. The van der Waals surface area contributed by atoms with Gasteiger partial charge in [-0.3, -0.25) is 14.4 Å². The smallest absolute Gasteiger partial charge is 0.344 e. The van der Waals surface area contributed by atoms with Crippen molar-refractivity contribution >= 4 is 46.5 Å². The molecule has 0 spiro atoms. The van der Waals surface area contributed by atoms with E-state index in [0.29, 0.717) is 21.4 Å². The van der Waals surface area contributed by atoms with E-state index >= 15 is 0 Å². The maximum absolute atomic E-state index is 12.8. The molecule has 0 saturated heterocycles. The number of benzene rings is 1. The van der Waals surface area contributed by atoms with Crippen LogP contribution in [0.3, 0.4) is 0 Å². The Balaban J connectivity index is 2.35. The Morgan fingerprint density at radius 3 is 2.10 bits per heavy atom. The Hall–Kier alpha value is -2.52. The number of halogens is 5. The van der Waals surface area contributed by atoms with Gasteiger partial charge in [-0.05, 0) is 44.5 Å². The summed E-state index contributed by atoms with van der Waals surface area (Å²) >= 11 is 11.8. The fourth-order valence-corrected chi connectivity index (χ4v) is 3.43. The Morgan fingerprint density at radius 1 is 1.07 bits per heavy atom. The second-order valence-corrected chi connectivity index (χ2v) is 7.54. The second-order valence-electron chi connectivity index (χ2n) is 6.67. The molecule has 2 rings (SSSR count). The molecule has 0 fully saturated rings. The van der Waals surface area contributed by atoms with Gasteiger partial charge < -0.3 is 15.2 Å². The van der Waals surface area contributed by atoms with Crippen LogP contribution in [0.15, 0.2) is 18.2 Å². The molecular weight excluding hydrogens is 446 g/mol. The SMILES string of the molecule is Cc1c(C(=O)Nc2cc(Cl)cc(Cl)c2)c(C)n(C)c1C(=O)C(=O)NC(C)C(F)(F)F. The van der Waals surface area contributed by atoms with Crippen molar-refractivity contribution in [2.75, 3.05) is 5.32 Å². The van der Waals surface area contributed by atoms with Crippen LogP contribution in [0.1, 0.15) is 39.0 Å². The molecule has 162 valence electrons. The van der Waals surface area contributed by atoms with Gasteiger partial charge in [-0.15, -0.1) is 0 Å². The molecular formula is C19H18Cl2F3N3O3. The molecule has 2 amide bonds. The molecule has 11 heteroatoms. The summed E-state index contributed by atoms with van der Waals surface area (Å²) in [4.78, 5) is 37.3.